The molecule has 1 unspecified atom stereocenters. The lowest BCUT2D eigenvalue weighted by molar-refractivity contribution is 0.497. The monoisotopic (exact) mass is 341 g/mol. The first-order chi connectivity index (χ1) is 9.20. The summed E-state index contributed by atoms with van der Waals surface area (Å²) in [5.74, 6) is -0.154. The summed E-state index contributed by atoms with van der Waals surface area (Å²) in [6.07, 6.45) is 1.86. The van der Waals surface area contributed by atoms with Crippen molar-refractivity contribution in [2.24, 2.45) is 0 Å². The zero-order valence-corrected chi connectivity index (χ0v) is 13.2. The van der Waals surface area contributed by atoms with Gasteiger partial charge in [-0.2, -0.15) is 11.3 Å². The maximum Gasteiger partial charge on any atom is 0.129 e. The van der Waals surface area contributed by atoms with Crippen molar-refractivity contribution in [3.8, 4) is 0 Å². The largest absolute Gasteiger partial charge is 0.310 e. The predicted molar refractivity (Wildman–Crippen MR) is 83.2 cm³/mol. The van der Waals surface area contributed by atoms with Crippen molar-refractivity contribution in [3.63, 3.8) is 0 Å². The highest BCUT2D eigenvalue weighted by molar-refractivity contribution is 9.10. The molecule has 0 fully saturated rings. The Morgan fingerprint density at radius 1 is 1.37 bits per heavy atom. The Kier molecular flexibility index (Phi) is 5.55. The second-order valence-corrected chi connectivity index (χ2v) is 6.20. The minimum atomic E-state index is -0.154. The quantitative estimate of drug-likeness (QED) is 0.785. The summed E-state index contributed by atoms with van der Waals surface area (Å²) in [4.78, 5) is 0. The Labute approximate surface area is 126 Å². The standard InChI is InChI=1S/C15H17BrFNS/c1-2-6-18-15(8-11-5-7-19-10-11)13-4-3-12(16)9-14(13)17/h3-5,7,9-10,15,18H,2,6,8H2,1H3. The molecule has 102 valence electrons. The molecule has 2 aromatic rings. The van der Waals surface area contributed by atoms with Crippen LogP contribution in [0.15, 0.2) is 39.5 Å². The zero-order chi connectivity index (χ0) is 13.7. The summed E-state index contributed by atoms with van der Waals surface area (Å²) in [6, 6.07) is 7.42. The van der Waals surface area contributed by atoms with E-state index in [9.17, 15) is 4.39 Å². The molecule has 1 aromatic heterocycles. The van der Waals surface area contributed by atoms with Crippen LogP contribution in [0.1, 0.15) is 30.5 Å². The molecule has 2 rings (SSSR count). The topological polar surface area (TPSA) is 12.0 Å². The maximum absolute atomic E-state index is 14.1. The van der Waals surface area contributed by atoms with Crippen molar-refractivity contribution in [3.05, 3.63) is 56.4 Å². The molecule has 0 bridgehead atoms. The molecule has 0 saturated heterocycles. The number of hydrogen-bond donors (Lipinski definition) is 1. The van der Waals surface area contributed by atoms with Gasteiger partial charge in [0.05, 0.1) is 0 Å². The molecule has 19 heavy (non-hydrogen) atoms. The highest BCUT2D eigenvalue weighted by Gasteiger charge is 2.16. The molecular weight excluding hydrogens is 325 g/mol. The smallest absolute Gasteiger partial charge is 0.129 e. The van der Waals surface area contributed by atoms with Gasteiger partial charge in [-0.3, -0.25) is 0 Å². The summed E-state index contributed by atoms with van der Waals surface area (Å²) in [6.45, 7) is 3.01. The Hall–Kier alpha value is -0.710. The van der Waals surface area contributed by atoms with E-state index in [2.05, 4.69) is 45.0 Å². The molecule has 1 atom stereocenters. The Bertz CT molecular complexity index is 513. The van der Waals surface area contributed by atoms with E-state index in [0.29, 0.717) is 0 Å². The van der Waals surface area contributed by atoms with E-state index in [4.69, 9.17) is 0 Å². The average molecular weight is 342 g/mol. The summed E-state index contributed by atoms with van der Waals surface area (Å²) in [5, 5.41) is 7.62. The molecule has 0 spiro atoms. The predicted octanol–water partition coefficient (Wildman–Crippen LogP) is 4.93. The van der Waals surface area contributed by atoms with E-state index in [1.807, 2.05) is 12.1 Å². The van der Waals surface area contributed by atoms with Crippen LogP contribution in [0.3, 0.4) is 0 Å². The van der Waals surface area contributed by atoms with Crippen molar-refractivity contribution in [2.45, 2.75) is 25.8 Å². The van der Waals surface area contributed by atoms with Crippen LogP contribution in [-0.4, -0.2) is 6.54 Å². The van der Waals surface area contributed by atoms with E-state index in [-0.39, 0.29) is 11.9 Å². The molecule has 0 aliphatic carbocycles. The second-order valence-electron chi connectivity index (χ2n) is 4.51. The Morgan fingerprint density at radius 3 is 2.84 bits per heavy atom. The first-order valence-electron chi connectivity index (χ1n) is 6.40. The number of nitrogens with one attached hydrogen (secondary N) is 1. The van der Waals surface area contributed by atoms with Gasteiger partial charge < -0.3 is 5.32 Å². The van der Waals surface area contributed by atoms with Crippen LogP contribution in [-0.2, 0) is 6.42 Å². The van der Waals surface area contributed by atoms with Gasteiger partial charge in [-0.05, 0) is 53.9 Å². The molecule has 0 saturated carbocycles. The van der Waals surface area contributed by atoms with Crippen LogP contribution in [0.4, 0.5) is 4.39 Å². The summed E-state index contributed by atoms with van der Waals surface area (Å²) in [5.41, 5.74) is 1.99. The summed E-state index contributed by atoms with van der Waals surface area (Å²) < 4.78 is 14.9. The van der Waals surface area contributed by atoms with Crippen LogP contribution in [0.5, 0.6) is 0 Å². The SMILES string of the molecule is CCCNC(Cc1ccsc1)c1ccc(Br)cc1F. The highest BCUT2D eigenvalue weighted by atomic mass is 79.9. The number of thiophene rings is 1. The van der Waals surface area contributed by atoms with Crippen molar-refractivity contribution in [2.75, 3.05) is 6.54 Å². The fourth-order valence-corrected chi connectivity index (χ4v) is 3.05. The summed E-state index contributed by atoms with van der Waals surface area (Å²) in [7, 11) is 0. The van der Waals surface area contributed by atoms with E-state index in [0.717, 1.165) is 29.4 Å². The van der Waals surface area contributed by atoms with Crippen molar-refractivity contribution in [1.82, 2.24) is 5.32 Å². The van der Waals surface area contributed by atoms with Crippen LogP contribution in [0.25, 0.3) is 0 Å². The normalized spacial score (nSPS) is 12.6. The van der Waals surface area contributed by atoms with Gasteiger partial charge in [0.1, 0.15) is 5.82 Å². The molecule has 0 aliphatic rings. The molecule has 1 nitrogen and oxygen atoms in total. The zero-order valence-electron chi connectivity index (χ0n) is 10.8. The molecule has 0 radical (unpaired) electrons. The lowest BCUT2D eigenvalue weighted by Gasteiger charge is -2.19. The summed E-state index contributed by atoms with van der Waals surface area (Å²) >= 11 is 4.98. The van der Waals surface area contributed by atoms with Gasteiger partial charge in [-0.1, -0.05) is 28.9 Å². The van der Waals surface area contributed by atoms with Crippen LogP contribution in [0, 0.1) is 5.82 Å². The Balaban J connectivity index is 2.20. The van der Waals surface area contributed by atoms with Gasteiger partial charge in [-0.25, -0.2) is 4.39 Å². The number of rotatable bonds is 6. The van der Waals surface area contributed by atoms with E-state index in [1.165, 1.54) is 11.6 Å². The molecule has 4 heteroatoms. The fourth-order valence-electron chi connectivity index (χ4n) is 2.04. The van der Waals surface area contributed by atoms with Gasteiger partial charge in [-0.15, -0.1) is 0 Å². The third-order valence-electron chi connectivity index (χ3n) is 3.00. The van der Waals surface area contributed by atoms with Gasteiger partial charge in [0.15, 0.2) is 0 Å². The van der Waals surface area contributed by atoms with Gasteiger partial charge in [0.25, 0.3) is 0 Å². The molecule has 1 aromatic carbocycles. The van der Waals surface area contributed by atoms with Crippen LogP contribution < -0.4 is 5.32 Å². The minimum absolute atomic E-state index is 0.0302. The second kappa shape index (κ2) is 7.17. The highest BCUT2D eigenvalue weighted by Crippen LogP contribution is 2.25. The number of halogens is 2. The van der Waals surface area contributed by atoms with E-state index < -0.39 is 0 Å². The molecule has 0 amide bonds. The van der Waals surface area contributed by atoms with E-state index in [1.54, 1.807) is 11.3 Å². The van der Waals surface area contributed by atoms with Crippen molar-refractivity contribution in [1.29, 1.82) is 0 Å². The lowest BCUT2D eigenvalue weighted by atomic mass is 10.00. The van der Waals surface area contributed by atoms with Crippen molar-refractivity contribution >= 4 is 27.3 Å². The minimum Gasteiger partial charge on any atom is -0.310 e. The van der Waals surface area contributed by atoms with Gasteiger partial charge >= 0.3 is 0 Å². The molecule has 1 heterocycles. The van der Waals surface area contributed by atoms with Crippen LogP contribution >= 0.6 is 27.3 Å². The van der Waals surface area contributed by atoms with Gasteiger partial charge in [0, 0.05) is 16.1 Å². The van der Waals surface area contributed by atoms with Crippen molar-refractivity contribution < 1.29 is 4.39 Å². The number of benzene rings is 1. The first-order valence-corrected chi connectivity index (χ1v) is 8.13. The molecule has 0 aliphatic heterocycles. The Morgan fingerprint density at radius 2 is 2.21 bits per heavy atom. The molecular formula is C15H17BrFNS. The number of hydrogen-bond acceptors (Lipinski definition) is 2. The van der Waals surface area contributed by atoms with Crippen LogP contribution in [0.2, 0.25) is 0 Å². The van der Waals surface area contributed by atoms with E-state index >= 15 is 0 Å². The fraction of sp³-hybridized carbons (Fsp3) is 0.333. The molecule has 1 N–H and O–H groups in total. The third kappa shape index (κ3) is 4.13. The maximum atomic E-state index is 14.1. The average Bonchev–Trinajstić information content (AvgIpc) is 2.88. The third-order valence-corrected chi connectivity index (χ3v) is 4.22. The van der Waals surface area contributed by atoms with Gasteiger partial charge in [0.2, 0.25) is 0 Å². The lowest BCUT2D eigenvalue weighted by Crippen LogP contribution is -2.24. The first kappa shape index (κ1) is 14.7.